The summed E-state index contributed by atoms with van der Waals surface area (Å²) >= 11 is 5.89. The molecule has 4 heterocycles. The Kier molecular flexibility index (Phi) is 5.39. The molecular formula is C22H21ClFN3O3. The van der Waals surface area contributed by atoms with Gasteiger partial charge >= 0.3 is 0 Å². The van der Waals surface area contributed by atoms with Crippen molar-refractivity contribution in [1.29, 1.82) is 0 Å². The molecule has 4 atom stereocenters. The van der Waals surface area contributed by atoms with Gasteiger partial charge in [0.15, 0.2) is 0 Å². The average molecular weight is 430 g/mol. The minimum Gasteiger partial charge on any atom is -0.391 e. The second kappa shape index (κ2) is 8.17. The van der Waals surface area contributed by atoms with Gasteiger partial charge in [-0.3, -0.25) is 5.32 Å². The van der Waals surface area contributed by atoms with Crippen LogP contribution in [0.3, 0.4) is 0 Å². The highest BCUT2D eigenvalue weighted by atomic mass is 35.5. The topological polar surface area (TPSA) is 79.8 Å². The van der Waals surface area contributed by atoms with Gasteiger partial charge in [0.2, 0.25) is 0 Å². The van der Waals surface area contributed by atoms with Crippen molar-refractivity contribution in [1.82, 2.24) is 15.3 Å². The van der Waals surface area contributed by atoms with Crippen LogP contribution in [0.5, 0.6) is 0 Å². The lowest BCUT2D eigenvalue weighted by atomic mass is 10.00. The molecule has 0 radical (unpaired) electrons. The van der Waals surface area contributed by atoms with E-state index in [9.17, 15) is 9.50 Å². The van der Waals surface area contributed by atoms with Crippen molar-refractivity contribution < 1.29 is 19.0 Å². The standard InChI is InChI=1S/C22H21ClFN3O3/c23-19-5-4-12(10-25-19)8-13-9-16(26-20-14(13)2-1-3-15(20)24)21-22(30-21)27-17-11-29-7-6-18(17)28/h1-5,9-10,17-18,21-22,27-28H,6-8,11H2. The first-order chi connectivity index (χ1) is 14.6. The van der Waals surface area contributed by atoms with Gasteiger partial charge in [0.1, 0.15) is 28.8 Å². The van der Waals surface area contributed by atoms with Gasteiger partial charge in [-0.15, -0.1) is 0 Å². The molecule has 1 aromatic carbocycles. The second-order valence-corrected chi connectivity index (χ2v) is 8.08. The Labute approximate surface area is 178 Å². The van der Waals surface area contributed by atoms with Gasteiger partial charge in [-0.2, -0.15) is 0 Å². The number of para-hydroxylation sites is 1. The first-order valence-electron chi connectivity index (χ1n) is 9.94. The Hall–Kier alpha value is -2.16. The van der Waals surface area contributed by atoms with E-state index in [1.54, 1.807) is 18.3 Å². The van der Waals surface area contributed by atoms with Crippen LogP contribution in [0.25, 0.3) is 10.9 Å². The maximum absolute atomic E-state index is 14.5. The lowest BCUT2D eigenvalue weighted by Gasteiger charge is -2.27. The summed E-state index contributed by atoms with van der Waals surface area (Å²) < 4.78 is 25.7. The van der Waals surface area contributed by atoms with Crippen LogP contribution in [0.4, 0.5) is 4.39 Å². The summed E-state index contributed by atoms with van der Waals surface area (Å²) in [5, 5.41) is 14.6. The van der Waals surface area contributed by atoms with Crippen LogP contribution < -0.4 is 5.32 Å². The molecule has 0 spiro atoms. The molecule has 30 heavy (non-hydrogen) atoms. The lowest BCUT2D eigenvalue weighted by Crippen LogP contribution is -2.48. The Morgan fingerprint density at radius 3 is 2.97 bits per heavy atom. The summed E-state index contributed by atoms with van der Waals surface area (Å²) in [6.07, 6.45) is 1.82. The maximum Gasteiger partial charge on any atom is 0.149 e. The van der Waals surface area contributed by atoms with Crippen molar-refractivity contribution in [3.05, 3.63) is 70.4 Å². The zero-order chi connectivity index (χ0) is 20.7. The number of hydrogen-bond donors (Lipinski definition) is 2. The van der Waals surface area contributed by atoms with E-state index in [4.69, 9.17) is 21.1 Å². The minimum absolute atomic E-state index is 0.189. The Balaban J connectivity index is 1.43. The molecule has 0 saturated carbocycles. The number of nitrogens with one attached hydrogen (secondary N) is 1. The number of epoxide rings is 1. The number of aliphatic hydroxyl groups is 1. The van der Waals surface area contributed by atoms with Gasteiger partial charge in [0.05, 0.1) is 24.4 Å². The van der Waals surface area contributed by atoms with Crippen LogP contribution in [0.15, 0.2) is 42.6 Å². The van der Waals surface area contributed by atoms with E-state index in [2.05, 4.69) is 15.3 Å². The third-order valence-corrected chi connectivity index (χ3v) is 5.78. The monoisotopic (exact) mass is 429 g/mol. The number of aromatic nitrogens is 2. The van der Waals surface area contributed by atoms with Crippen LogP contribution >= 0.6 is 11.6 Å². The molecule has 4 unspecified atom stereocenters. The number of aliphatic hydroxyl groups excluding tert-OH is 1. The predicted octanol–water partition coefficient (Wildman–Crippen LogP) is 3.15. The molecule has 2 N–H and O–H groups in total. The van der Waals surface area contributed by atoms with Gasteiger partial charge in [-0.1, -0.05) is 29.8 Å². The molecule has 6 nitrogen and oxygen atoms in total. The first kappa shape index (κ1) is 19.8. The number of benzene rings is 1. The number of hydrogen-bond acceptors (Lipinski definition) is 6. The first-order valence-corrected chi connectivity index (χ1v) is 10.3. The highest BCUT2D eigenvalue weighted by Gasteiger charge is 2.44. The van der Waals surface area contributed by atoms with Crippen molar-refractivity contribution in [3.63, 3.8) is 0 Å². The molecule has 2 aromatic heterocycles. The van der Waals surface area contributed by atoms with Gasteiger partial charge in [0.25, 0.3) is 0 Å². The van der Waals surface area contributed by atoms with Crippen LogP contribution in [-0.2, 0) is 15.9 Å². The van der Waals surface area contributed by atoms with E-state index in [0.717, 1.165) is 16.5 Å². The smallest absolute Gasteiger partial charge is 0.149 e. The zero-order valence-corrected chi connectivity index (χ0v) is 16.8. The Bertz CT molecular complexity index is 1070. The molecule has 3 aromatic rings. The Morgan fingerprint density at radius 1 is 1.27 bits per heavy atom. The van der Waals surface area contributed by atoms with Crippen LogP contribution in [0.2, 0.25) is 5.15 Å². The van der Waals surface area contributed by atoms with Crippen LogP contribution in [0.1, 0.15) is 29.3 Å². The number of fused-ring (bicyclic) bond motifs is 1. The third kappa shape index (κ3) is 4.04. The quantitative estimate of drug-likeness (QED) is 0.479. The van der Waals surface area contributed by atoms with E-state index in [1.165, 1.54) is 6.07 Å². The molecule has 2 saturated heterocycles. The average Bonchev–Trinajstić information content (AvgIpc) is 3.51. The van der Waals surface area contributed by atoms with Gasteiger partial charge in [-0.25, -0.2) is 14.4 Å². The molecule has 5 rings (SSSR count). The molecule has 0 aliphatic carbocycles. The molecule has 0 bridgehead atoms. The van der Waals surface area contributed by atoms with Gasteiger partial charge in [-0.05, 0) is 42.2 Å². The molecule has 2 aliphatic rings. The van der Waals surface area contributed by atoms with E-state index < -0.39 is 6.10 Å². The largest absolute Gasteiger partial charge is 0.391 e. The molecular weight excluding hydrogens is 409 g/mol. The van der Waals surface area contributed by atoms with Gasteiger partial charge < -0.3 is 14.6 Å². The summed E-state index contributed by atoms with van der Waals surface area (Å²) in [5.41, 5.74) is 2.89. The number of pyridine rings is 2. The van der Waals surface area contributed by atoms with Crippen molar-refractivity contribution in [2.45, 2.75) is 37.3 Å². The van der Waals surface area contributed by atoms with E-state index >= 15 is 0 Å². The van der Waals surface area contributed by atoms with E-state index in [0.29, 0.717) is 42.4 Å². The van der Waals surface area contributed by atoms with Crippen molar-refractivity contribution >= 4 is 22.5 Å². The fourth-order valence-electron chi connectivity index (χ4n) is 3.89. The fourth-order valence-corrected chi connectivity index (χ4v) is 4.00. The van der Waals surface area contributed by atoms with E-state index in [-0.39, 0.29) is 24.2 Å². The third-order valence-electron chi connectivity index (χ3n) is 5.56. The molecule has 2 fully saturated rings. The normalized spacial score (nSPS) is 26.1. The predicted molar refractivity (Wildman–Crippen MR) is 110 cm³/mol. The molecule has 8 heteroatoms. The summed E-state index contributed by atoms with van der Waals surface area (Å²) in [7, 11) is 0. The number of ether oxygens (including phenoxy) is 2. The van der Waals surface area contributed by atoms with Crippen LogP contribution in [0, 0.1) is 5.82 Å². The minimum atomic E-state index is -0.474. The summed E-state index contributed by atoms with van der Waals surface area (Å²) in [5.74, 6) is -0.369. The number of nitrogens with zero attached hydrogens (tertiary/aromatic N) is 2. The SMILES string of the molecule is OC1CCOCC1NC1OC1c1cc(Cc2ccc(Cl)nc2)c2cccc(F)c2n1. The van der Waals surface area contributed by atoms with Crippen molar-refractivity contribution in [2.24, 2.45) is 0 Å². The summed E-state index contributed by atoms with van der Waals surface area (Å²) in [6.45, 7) is 0.991. The van der Waals surface area contributed by atoms with Crippen molar-refractivity contribution in [2.75, 3.05) is 13.2 Å². The van der Waals surface area contributed by atoms with Crippen LogP contribution in [-0.4, -0.2) is 46.7 Å². The highest BCUT2D eigenvalue weighted by Crippen LogP contribution is 2.38. The summed E-state index contributed by atoms with van der Waals surface area (Å²) in [4.78, 5) is 8.68. The number of halogens is 2. The summed E-state index contributed by atoms with van der Waals surface area (Å²) in [6, 6.07) is 10.4. The van der Waals surface area contributed by atoms with Gasteiger partial charge in [0, 0.05) is 18.2 Å². The van der Waals surface area contributed by atoms with Crippen molar-refractivity contribution in [3.8, 4) is 0 Å². The number of rotatable bonds is 5. The van der Waals surface area contributed by atoms with E-state index in [1.807, 2.05) is 18.2 Å². The fraction of sp³-hybridized carbons (Fsp3) is 0.364. The molecule has 0 amide bonds. The highest BCUT2D eigenvalue weighted by molar-refractivity contribution is 6.29. The lowest BCUT2D eigenvalue weighted by molar-refractivity contribution is -0.0189. The maximum atomic E-state index is 14.5. The molecule has 156 valence electrons. The Morgan fingerprint density at radius 2 is 2.17 bits per heavy atom. The second-order valence-electron chi connectivity index (χ2n) is 7.69. The molecule has 2 aliphatic heterocycles. The zero-order valence-electron chi connectivity index (χ0n) is 16.1.